The smallest absolute Gasteiger partial charge is 0.480 e. The van der Waals surface area contributed by atoms with E-state index in [0.29, 0.717) is 0 Å². The van der Waals surface area contributed by atoms with Crippen molar-refractivity contribution in [2.45, 2.75) is 81.5 Å². The summed E-state index contributed by atoms with van der Waals surface area (Å²) in [5.74, 6) is -2.93. The van der Waals surface area contributed by atoms with Gasteiger partial charge in [-0.25, -0.2) is 24.0 Å². The van der Waals surface area contributed by atoms with Gasteiger partial charge >= 0.3 is 30.3 Å². The van der Waals surface area contributed by atoms with Gasteiger partial charge in [-0.3, -0.25) is 4.90 Å². The number of amides is 2. The minimum atomic E-state index is -1.88. The highest BCUT2D eigenvalue weighted by Gasteiger charge is 2.35. The van der Waals surface area contributed by atoms with Crippen LogP contribution in [0.1, 0.15) is 54.4 Å². The molecule has 0 heterocycles. The molecule has 0 aromatic rings. The van der Waals surface area contributed by atoms with Crippen molar-refractivity contribution in [3.8, 4) is 0 Å². The predicted molar refractivity (Wildman–Crippen MR) is 132 cm³/mol. The lowest BCUT2D eigenvalue weighted by Crippen LogP contribution is -2.51. The largest absolute Gasteiger partial charge is 0.508 e. The van der Waals surface area contributed by atoms with Crippen LogP contribution in [0.2, 0.25) is 0 Å². The number of carboxylic acids is 2. The topological polar surface area (TPSA) is 178 Å². The summed E-state index contributed by atoms with van der Waals surface area (Å²) < 4.78 is 17.8. The van der Waals surface area contributed by atoms with Gasteiger partial charge in [-0.2, -0.15) is 0 Å². The summed E-state index contributed by atoms with van der Waals surface area (Å²) in [6, 6.07) is -3.13. The monoisotopic (exact) mass is 594 g/mol. The van der Waals surface area contributed by atoms with Gasteiger partial charge in [0, 0.05) is 13.0 Å². The van der Waals surface area contributed by atoms with Crippen molar-refractivity contribution in [1.29, 1.82) is 0 Å². The van der Waals surface area contributed by atoms with E-state index < -0.39 is 90.0 Å². The molecule has 0 aliphatic carbocycles. The van der Waals surface area contributed by atoms with Crippen molar-refractivity contribution in [1.82, 2.24) is 10.2 Å². The second-order valence-corrected chi connectivity index (χ2v) is 12.2. The first-order chi connectivity index (χ1) is 16.6. The molecule has 0 bridgehead atoms. The number of carbonyl (C=O) groups is 5. The number of halogens is 3. The normalized spacial score (nSPS) is 13.5. The zero-order valence-corrected chi connectivity index (χ0v) is 23.6. The van der Waals surface area contributed by atoms with E-state index in [1.54, 1.807) is 41.5 Å². The van der Waals surface area contributed by atoms with Crippen LogP contribution in [0, 0.1) is 0 Å². The molecular weight excluding hydrogens is 563 g/mol. The molecule has 0 aromatic heterocycles. The van der Waals surface area contributed by atoms with Gasteiger partial charge in [-0.1, -0.05) is 34.8 Å². The number of nitrogens with one attached hydrogen (secondary N) is 1. The first-order valence-corrected chi connectivity index (χ1v) is 12.1. The lowest BCUT2D eigenvalue weighted by Gasteiger charge is -2.32. The Kier molecular flexibility index (Phi) is 13.6. The molecule has 0 unspecified atom stereocenters. The number of hydrogen-bond acceptors (Lipinski definition) is 9. The fourth-order valence-corrected chi connectivity index (χ4v) is 2.68. The molecule has 0 fully saturated rings. The van der Waals surface area contributed by atoms with Crippen molar-refractivity contribution in [3.63, 3.8) is 0 Å². The van der Waals surface area contributed by atoms with Gasteiger partial charge in [0.05, 0.1) is 6.61 Å². The number of hydrogen-bond donors (Lipinski definition) is 3. The van der Waals surface area contributed by atoms with Crippen LogP contribution in [0.5, 0.6) is 0 Å². The molecule has 0 spiro atoms. The lowest BCUT2D eigenvalue weighted by atomic mass is 10.1. The van der Waals surface area contributed by atoms with Crippen LogP contribution in [0.15, 0.2) is 0 Å². The molecule has 16 heteroatoms. The van der Waals surface area contributed by atoms with Gasteiger partial charge < -0.3 is 34.5 Å². The van der Waals surface area contributed by atoms with Crippen molar-refractivity contribution >= 4 is 65.1 Å². The predicted octanol–water partition coefficient (Wildman–Crippen LogP) is 3.96. The summed E-state index contributed by atoms with van der Waals surface area (Å²) in [4.78, 5) is 60.9. The number of alkyl carbamates (subject to hydrolysis) is 1. The van der Waals surface area contributed by atoms with E-state index in [9.17, 15) is 34.2 Å². The Hall–Kier alpha value is -2.38. The SMILES string of the molecule is CC(C)(C)OC(=O)N[C@@H](CCN(C(=O)OC(C)(C)C)[C@@H](CCOC(=O)OCC(Cl)(Cl)Cl)C(=O)O)C(=O)O. The molecule has 0 saturated carbocycles. The average Bonchev–Trinajstić information content (AvgIpc) is 2.66. The van der Waals surface area contributed by atoms with E-state index in [0.717, 1.165) is 4.90 Å². The Morgan fingerprint density at radius 1 is 0.838 bits per heavy atom. The Balaban J connectivity index is 5.54. The van der Waals surface area contributed by atoms with Gasteiger partial charge in [-0.15, -0.1) is 0 Å². The van der Waals surface area contributed by atoms with E-state index in [1.807, 2.05) is 0 Å². The quantitative estimate of drug-likeness (QED) is 0.179. The average molecular weight is 596 g/mol. The molecule has 0 aromatic carbocycles. The van der Waals surface area contributed by atoms with Gasteiger partial charge in [0.25, 0.3) is 0 Å². The highest BCUT2D eigenvalue weighted by molar-refractivity contribution is 6.67. The van der Waals surface area contributed by atoms with Gasteiger partial charge in [-0.05, 0) is 48.0 Å². The molecule has 13 nitrogen and oxygen atoms in total. The third-order valence-corrected chi connectivity index (χ3v) is 4.23. The lowest BCUT2D eigenvalue weighted by molar-refractivity contribution is -0.144. The molecule has 214 valence electrons. The van der Waals surface area contributed by atoms with E-state index in [2.05, 4.69) is 10.1 Å². The zero-order valence-electron chi connectivity index (χ0n) is 21.3. The van der Waals surface area contributed by atoms with Gasteiger partial charge in [0.15, 0.2) is 0 Å². The summed E-state index contributed by atoms with van der Waals surface area (Å²) in [7, 11) is 0. The maximum Gasteiger partial charge on any atom is 0.508 e. The first-order valence-electron chi connectivity index (χ1n) is 10.9. The number of ether oxygens (including phenoxy) is 4. The van der Waals surface area contributed by atoms with Crippen molar-refractivity contribution < 1.29 is 53.1 Å². The van der Waals surface area contributed by atoms with Gasteiger partial charge in [0.1, 0.15) is 29.9 Å². The zero-order chi connectivity index (χ0) is 29.2. The Morgan fingerprint density at radius 3 is 1.81 bits per heavy atom. The first kappa shape index (κ1) is 34.6. The van der Waals surface area contributed by atoms with E-state index >= 15 is 0 Å². The Bertz CT molecular complexity index is 820. The minimum Gasteiger partial charge on any atom is -0.480 e. The molecule has 2 amide bonds. The number of rotatable bonds is 11. The van der Waals surface area contributed by atoms with Crippen LogP contribution in [-0.4, -0.2) is 92.2 Å². The fraction of sp³-hybridized carbons (Fsp3) is 0.762. The maximum atomic E-state index is 12.8. The highest BCUT2D eigenvalue weighted by Crippen LogP contribution is 2.26. The van der Waals surface area contributed by atoms with E-state index in [4.69, 9.17) is 49.0 Å². The van der Waals surface area contributed by atoms with Crippen LogP contribution in [-0.2, 0) is 28.5 Å². The Morgan fingerprint density at radius 2 is 1.38 bits per heavy atom. The maximum absolute atomic E-state index is 12.8. The van der Waals surface area contributed by atoms with Crippen LogP contribution in [0.25, 0.3) is 0 Å². The molecule has 0 radical (unpaired) electrons. The molecule has 37 heavy (non-hydrogen) atoms. The number of nitrogens with zero attached hydrogens (tertiary/aromatic N) is 1. The summed E-state index contributed by atoms with van der Waals surface area (Å²) in [5, 5.41) is 21.4. The fourth-order valence-electron chi connectivity index (χ4n) is 2.52. The van der Waals surface area contributed by atoms with Crippen LogP contribution in [0.3, 0.4) is 0 Å². The second kappa shape index (κ2) is 14.5. The molecule has 0 aliphatic heterocycles. The molecular formula is C21H33Cl3N2O11. The third kappa shape index (κ3) is 16.9. The molecule has 0 rings (SSSR count). The van der Waals surface area contributed by atoms with Crippen molar-refractivity contribution in [3.05, 3.63) is 0 Å². The molecule has 0 saturated heterocycles. The van der Waals surface area contributed by atoms with Crippen LogP contribution < -0.4 is 5.32 Å². The minimum absolute atomic E-state index is 0.399. The number of carbonyl (C=O) groups excluding carboxylic acids is 3. The highest BCUT2D eigenvalue weighted by atomic mass is 35.6. The summed E-state index contributed by atoms with van der Waals surface area (Å²) in [6.45, 7) is 7.79. The van der Waals surface area contributed by atoms with E-state index in [1.165, 1.54) is 0 Å². The van der Waals surface area contributed by atoms with Crippen LogP contribution in [0.4, 0.5) is 14.4 Å². The number of carboxylic acid groups (broad SMARTS) is 2. The van der Waals surface area contributed by atoms with Gasteiger partial charge in [0.2, 0.25) is 3.79 Å². The second-order valence-electron chi connectivity index (χ2n) is 9.64. The Labute approximate surface area is 229 Å². The van der Waals surface area contributed by atoms with E-state index in [-0.39, 0.29) is 0 Å². The third-order valence-electron chi connectivity index (χ3n) is 3.90. The summed E-state index contributed by atoms with van der Waals surface area (Å²) in [5.41, 5.74) is -1.92. The summed E-state index contributed by atoms with van der Waals surface area (Å²) >= 11 is 16.4. The number of aliphatic carboxylic acids is 2. The molecule has 0 aliphatic rings. The molecule has 3 N–H and O–H groups in total. The summed E-state index contributed by atoms with van der Waals surface area (Å²) in [6.07, 6.45) is -4.15. The molecule has 2 atom stereocenters. The van der Waals surface area contributed by atoms with Crippen molar-refractivity contribution in [2.24, 2.45) is 0 Å². The number of alkyl halides is 3. The van der Waals surface area contributed by atoms with Crippen molar-refractivity contribution in [2.75, 3.05) is 19.8 Å². The standard InChI is InChI=1S/C21H33Cl3N2O11/c1-19(2,3)36-16(31)25-12(14(27)28)7-9-26(17(32)37-20(4,5)6)13(15(29)30)8-10-34-18(33)35-11-21(22,23)24/h12-13H,7-11H2,1-6H3,(H,25,31)(H,27,28)(H,29,30)/t12-,13-/m0/s1. The van der Waals surface area contributed by atoms with Crippen LogP contribution >= 0.6 is 34.8 Å².